The normalized spacial score (nSPS) is 13.6. The average Bonchev–Trinajstić information content (AvgIpc) is 2.51. The Morgan fingerprint density at radius 1 is 1.10 bits per heavy atom. The molecule has 4 N–H and O–H groups in total. The van der Waals surface area contributed by atoms with Gasteiger partial charge in [-0.15, -0.1) is 0 Å². The second kappa shape index (κ2) is 8.71. The molecule has 0 spiro atoms. The van der Waals surface area contributed by atoms with Crippen molar-refractivity contribution in [3.05, 3.63) is 17.7 Å². The van der Waals surface area contributed by atoms with Crippen LogP contribution in [0.4, 0.5) is 0 Å². The van der Waals surface area contributed by atoms with E-state index in [-0.39, 0.29) is 18.7 Å². The number of methoxy groups -OCH3 is 3. The van der Waals surface area contributed by atoms with Crippen LogP contribution < -0.4 is 25.3 Å². The van der Waals surface area contributed by atoms with Crippen LogP contribution in [0, 0.1) is 0 Å². The summed E-state index contributed by atoms with van der Waals surface area (Å²) in [5.74, 6) is 1.92. The van der Waals surface area contributed by atoms with Gasteiger partial charge in [0, 0.05) is 36.9 Å². The number of hydrogen-bond acceptors (Lipinski definition) is 6. The zero-order valence-corrected chi connectivity index (χ0v) is 13.2. The molecule has 0 bridgehead atoms. The van der Waals surface area contributed by atoms with Crippen molar-refractivity contribution in [1.29, 1.82) is 0 Å². The van der Waals surface area contributed by atoms with Crippen molar-refractivity contribution in [3.8, 4) is 17.2 Å². The minimum Gasteiger partial charge on any atom is -0.496 e. The minimum atomic E-state index is -0.0960. The Balaban J connectivity index is 3.12. The summed E-state index contributed by atoms with van der Waals surface area (Å²) in [6, 6.07) is 3.70. The highest BCUT2D eigenvalue weighted by Gasteiger charge is 2.20. The number of rotatable bonds is 9. The SMILES string of the molecule is COc1cc(OC)c(C(CN)NC(C)CCO)cc1OC. The van der Waals surface area contributed by atoms with Gasteiger partial charge >= 0.3 is 0 Å². The van der Waals surface area contributed by atoms with Crippen LogP contribution in [0.25, 0.3) is 0 Å². The number of nitrogens with one attached hydrogen (secondary N) is 1. The van der Waals surface area contributed by atoms with Crippen LogP contribution in [-0.2, 0) is 0 Å². The lowest BCUT2D eigenvalue weighted by atomic mass is 10.0. The van der Waals surface area contributed by atoms with Gasteiger partial charge in [0.2, 0.25) is 0 Å². The van der Waals surface area contributed by atoms with E-state index < -0.39 is 0 Å². The average molecular weight is 298 g/mol. The van der Waals surface area contributed by atoms with Gasteiger partial charge in [-0.25, -0.2) is 0 Å². The standard InChI is InChI=1S/C15H26N2O4/c1-10(5-6-18)17-12(9-16)11-7-14(20-3)15(21-4)8-13(11)19-2/h7-8,10,12,17-18H,5-6,9,16H2,1-4H3. The molecule has 0 heterocycles. The summed E-state index contributed by atoms with van der Waals surface area (Å²) in [6.45, 7) is 2.54. The first kappa shape index (κ1) is 17.6. The number of ether oxygens (including phenoxy) is 3. The monoisotopic (exact) mass is 298 g/mol. The summed E-state index contributed by atoms with van der Waals surface area (Å²) in [7, 11) is 4.78. The molecule has 21 heavy (non-hydrogen) atoms. The van der Waals surface area contributed by atoms with Crippen LogP contribution in [0.5, 0.6) is 17.2 Å². The Hall–Kier alpha value is -1.50. The van der Waals surface area contributed by atoms with Crippen molar-refractivity contribution in [2.45, 2.75) is 25.4 Å². The second-order valence-electron chi connectivity index (χ2n) is 4.82. The van der Waals surface area contributed by atoms with Gasteiger partial charge in [-0.2, -0.15) is 0 Å². The van der Waals surface area contributed by atoms with Crippen molar-refractivity contribution >= 4 is 0 Å². The summed E-state index contributed by atoms with van der Waals surface area (Å²) >= 11 is 0. The first-order valence-electron chi connectivity index (χ1n) is 6.98. The maximum Gasteiger partial charge on any atom is 0.164 e. The van der Waals surface area contributed by atoms with E-state index in [1.807, 2.05) is 13.0 Å². The van der Waals surface area contributed by atoms with Crippen LogP contribution >= 0.6 is 0 Å². The molecule has 120 valence electrons. The summed E-state index contributed by atoms with van der Waals surface area (Å²) in [4.78, 5) is 0. The highest BCUT2D eigenvalue weighted by Crippen LogP contribution is 2.37. The topological polar surface area (TPSA) is 86.0 Å². The summed E-state index contributed by atoms with van der Waals surface area (Å²) in [5.41, 5.74) is 6.79. The van der Waals surface area contributed by atoms with Gasteiger partial charge in [-0.05, 0) is 19.4 Å². The van der Waals surface area contributed by atoms with Gasteiger partial charge in [-0.3, -0.25) is 0 Å². The van der Waals surface area contributed by atoms with Crippen LogP contribution in [-0.4, -0.2) is 45.6 Å². The molecule has 1 aromatic carbocycles. The lowest BCUT2D eigenvalue weighted by Gasteiger charge is -2.24. The molecule has 6 heteroatoms. The second-order valence-corrected chi connectivity index (χ2v) is 4.82. The summed E-state index contributed by atoms with van der Waals surface area (Å²) in [5, 5.41) is 12.4. The van der Waals surface area contributed by atoms with Crippen LogP contribution in [0.1, 0.15) is 24.9 Å². The minimum absolute atomic E-state index is 0.0960. The van der Waals surface area contributed by atoms with E-state index >= 15 is 0 Å². The summed E-state index contributed by atoms with van der Waals surface area (Å²) < 4.78 is 16.0. The van der Waals surface area contributed by atoms with Crippen molar-refractivity contribution < 1.29 is 19.3 Å². The van der Waals surface area contributed by atoms with Crippen molar-refractivity contribution in [2.24, 2.45) is 5.73 Å². The zero-order chi connectivity index (χ0) is 15.8. The number of aliphatic hydroxyl groups excluding tert-OH is 1. The fourth-order valence-corrected chi connectivity index (χ4v) is 2.23. The van der Waals surface area contributed by atoms with Gasteiger partial charge in [0.1, 0.15) is 5.75 Å². The molecular weight excluding hydrogens is 272 g/mol. The van der Waals surface area contributed by atoms with E-state index in [0.29, 0.717) is 30.2 Å². The van der Waals surface area contributed by atoms with E-state index in [1.165, 1.54) is 0 Å². The largest absolute Gasteiger partial charge is 0.496 e. The Morgan fingerprint density at radius 2 is 1.67 bits per heavy atom. The van der Waals surface area contributed by atoms with Crippen molar-refractivity contribution in [2.75, 3.05) is 34.5 Å². The first-order valence-corrected chi connectivity index (χ1v) is 6.98. The molecule has 0 saturated heterocycles. The van der Waals surface area contributed by atoms with Crippen molar-refractivity contribution in [3.63, 3.8) is 0 Å². The predicted octanol–water partition coefficient (Wildman–Crippen LogP) is 1.07. The fraction of sp³-hybridized carbons (Fsp3) is 0.600. The molecule has 0 aliphatic carbocycles. The molecule has 1 aromatic rings. The Kier molecular flexibility index (Phi) is 7.28. The van der Waals surface area contributed by atoms with Gasteiger partial charge < -0.3 is 30.4 Å². The van der Waals surface area contributed by atoms with E-state index in [1.54, 1.807) is 27.4 Å². The Labute approximate surface area is 126 Å². The van der Waals surface area contributed by atoms with Crippen LogP contribution in [0.2, 0.25) is 0 Å². The molecule has 2 unspecified atom stereocenters. The lowest BCUT2D eigenvalue weighted by molar-refractivity contribution is 0.262. The molecule has 0 aliphatic heterocycles. The van der Waals surface area contributed by atoms with E-state index in [2.05, 4.69) is 5.32 Å². The Bertz CT molecular complexity index is 440. The molecule has 0 amide bonds. The quantitative estimate of drug-likeness (QED) is 0.632. The Morgan fingerprint density at radius 3 is 2.14 bits per heavy atom. The lowest BCUT2D eigenvalue weighted by Crippen LogP contribution is -2.35. The third-order valence-electron chi connectivity index (χ3n) is 3.39. The van der Waals surface area contributed by atoms with Gasteiger partial charge in [0.25, 0.3) is 0 Å². The van der Waals surface area contributed by atoms with Crippen LogP contribution in [0.3, 0.4) is 0 Å². The molecule has 6 nitrogen and oxygen atoms in total. The zero-order valence-electron chi connectivity index (χ0n) is 13.2. The highest BCUT2D eigenvalue weighted by molar-refractivity contribution is 5.52. The van der Waals surface area contributed by atoms with Gasteiger partial charge in [-0.1, -0.05) is 0 Å². The first-order chi connectivity index (χ1) is 10.1. The number of benzene rings is 1. The van der Waals surface area contributed by atoms with Crippen LogP contribution in [0.15, 0.2) is 12.1 Å². The fourth-order valence-electron chi connectivity index (χ4n) is 2.23. The molecule has 0 fully saturated rings. The smallest absolute Gasteiger partial charge is 0.164 e. The number of hydrogen-bond donors (Lipinski definition) is 3. The predicted molar refractivity (Wildman–Crippen MR) is 82.2 cm³/mol. The van der Waals surface area contributed by atoms with E-state index in [9.17, 15) is 0 Å². The maximum absolute atomic E-state index is 9.01. The molecular formula is C15H26N2O4. The third-order valence-corrected chi connectivity index (χ3v) is 3.39. The molecule has 2 atom stereocenters. The number of aliphatic hydroxyl groups is 1. The van der Waals surface area contributed by atoms with E-state index in [0.717, 1.165) is 5.56 Å². The third kappa shape index (κ3) is 4.49. The summed E-state index contributed by atoms with van der Waals surface area (Å²) in [6.07, 6.45) is 0.659. The maximum atomic E-state index is 9.01. The molecule has 0 aromatic heterocycles. The van der Waals surface area contributed by atoms with Gasteiger partial charge in [0.15, 0.2) is 11.5 Å². The molecule has 0 aliphatic rings. The molecule has 0 saturated carbocycles. The van der Waals surface area contributed by atoms with Gasteiger partial charge in [0.05, 0.1) is 21.3 Å². The molecule has 1 rings (SSSR count). The van der Waals surface area contributed by atoms with Crippen molar-refractivity contribution in [1.82, 2.24) is 5.32 Å². The highest BCUT2D eigenvalue weighted by atomic mass is 16.5. The number of nitrogens with two attached hydrogens (primary N) is 1. The molecule has 0 radical (unpaired) electrons. The van der Waals surface area contributed by atoms with E-state index in [4.69, 9.17) is 25.1 Å².